The highest BCUT2D eigenvalue weighted by Crippen LogP contribution is 2.37. The summed E-state index contributed by atoms with van der Waals surface area (Å²) >= 11 is 0. The highest BCUT2D eigenvalue weighted by Gasteiger charge is 2.40. The van der Waals surface area contributed by atoms with E-state index in [1.54, 1.807) is 7.05 Å². The summed E-state index contributed by atoms with van der Waals surface area (Å²) in [5.41, 5.74) is -2.91. The van der Waals surface area contributed by atoms with E-state index in [4.69, 9.17) is 0 Å². The van der Waals surface area contributed by atoms with E-state index >= 15 is 0 Å². The van der Waals surface area contributed by atoms with E-state index in [9.17, 15) is 53.7 Å². The lowest BCUT2D eigenvalue weighted by atomic mass is 9.78. The Morgan fingerprint density at radius 1 is 0.385 bits per heavy atom. The molecule has 0 unspecified atom stereocenters. The van der Waals surface area contributed by atoms with Crippen LogP contribution >= 0.6 is 0 Å². The third kappa shape index (κ3) is 41.0. The predicted molar refractivity (Wildman–Crippen MR) is 428 cm³/mol. The van der Waals surface area contributed by atoms with Gasteiger partial charge in [-0.1, -0.05) is 96.9 Å². The number of hydrogen-bond donors (Lipinski definition) is 9. The number of carbonyl (C=O) groups excluding carboxylic acids is 8. The van der Waals surface area contributed by atoms with Crippen LogP contribution in [0.4, 0.5) is 0 Å². The molecule has 0 aliphatic heterocycles. The number of rotatable bonds is 16. The molecule has 0 bridgehead atoms. The second-order valence-electron chi connectivity index (χ2n) is 36.9. The first-order valence-corrected chi connectivity index (χ1v) is 42.4. The average Bonchev–Trinajstić information content (AvgIpc) is 0.835. The molecule has 0 aromatic carbocycles. The molecule has 0 saturated heterocycles. The zero-order valence-corrected chi connectivity index (χ0v) is 70.9. The summed E-state index contributed by atoms with van der Waals surface area (Å²) in [6, 6.07) is 0.438. The van der Waals surface area contributed by atoms with E-state index < -0.39 is 16.8 Å². The van der Waals surface area contributed by atoms with Crippen molar-refractivity contribution in [1.29, 1.82) is 0 Å². The molecule has 8 rings (SSSR count). The summed E-state index contributed by atoms with van der Waals surface area (Å²) in [4.78, 5) is 91.9. The third-order valence-corrected chi connectivity index (χ3v) is 24.3. The van der Waals surface area contributed by atoms with Gasteiger partial charge in [0.1, 0.15) is 16.8 Å². The molecule has 17 heteroatoms. The molecule has 0 radical (unpaired) electrons. The van der Waals surface area contributed by atoms with Crippen molar-refractivity contribution in [2.45, 2.75) is 405 Å². The molecular weight excluding hydrogens is 1300 g/mol. The summed E-state index contributed by atoms with van der Waals surface area (Å²) in [5, 5.41) is 47.3. The Morgan fingerprint density at radius 3 is 0.933 bits per heavy atom. The van der Waals surface area contributed by atoms with Gasteiger partial charge in [0, 0.05) is 67.3 Å². The van der Waals surface area contributed by atoms with Crippen molar-refractivity contribution < 1.29 is 53.7 Å². The Balaban J connectivity index is 0.000000596. The molecular formula is C87H164N6O11. The van der Waals surface area contributed by atoms with Gasteiger partial charge >= 0.3 is 0 Å². The molecule has 0 spiro atoms. The number of hydrogen-bond acceptors (Lipinski definition) is 11. The maximum Gasteiger partial charge on any atom is 0.252 e. The molecule has 8 saturated carbocycles. The number of ketones is 2. The molecule has 104 heavy (non-hydrogen) atoms. The second kappa shape index (κ2) is 50.0. The fraction of sp³-hybridized carbons (Fsp3) is 0.908. The fourth-order valence-corrected chi connectivity index (χ4v) is 14.7. The molecule has 608 valence electrons. The van der Waals surface area contributed by atoms with Crippen LogP contribution in [0.3, 0.4) is 0 Å². The SMILES string of the molecule is CC(=O)C1(O)CCC(C)CC1.CC(=O)C1(O)CCC(C)CC1.CC1CCC(C(=O)NCC(C)(C)C)CC1.CC1CCC(O)(C(=O)NC(C)C)CC1.CCC(C)(C)NC(=O)C1CCC(C)CC1.CCCNC(=O)C1CCC(C)CC1.CC[C@@H](C)NC(=O)C1CCC(C)CC1.CNC(=O)C1CCC(C)CC1. The highest BCUT2D eigenvalue weighted by atomic mass is 16.3. The van der Waals surface area contributed by atoms with Crippen molar-refractivity contribution in [2.24, 2.45) is 82.3 Å². The van der Waals surface area contributed by atoms with E-state index in [1.165, 1.54) is 78.1 Å². The topological polar surface area (TPSA) is 269 Å². The summed E-state index contributed by atoms with van der Waals surface area (Å²) in [7, 11) is 1.72. The smallest absolute Gasteiger partial charge is 0.252 e. The Kier molecular flexibility index (Phi) is 47.1. The molecule has 8 fully saturated rings. The standard InChI is InChI=1S/2C13H25NO.C12H23NO.C11H21NO2.C11H21NO.C9H17NO.2C9H16O2/c1-10-5-7-11(8-6-10)12(15)14-9-13(2,3)4;1-5-13(3,4)14-12(15)11-8-6-10(2)7-9-11;1-4-10(3)13-12(14)11-7-5-9(2)6-8-11;1-8(2)12-10(13)11(14)6-4-9(3)5-7-11;1-3-8-12-11(13)10-6-4-9(2)5-7-10;1-7-3-5-8(6-4-7)9(11)10-2;2*1-7-3-5-9(11,6-4-7)8(2)10/h2*10-11H,5-9H2,1-4H3,(H,14,15);9-11H,4-8H2,1-3H3,(H,13,14);8-9,14H,4-7H2,1-3H3,(H,12,13);9-10H,3-8H2,1-2H3,(H,12,13);7-8H,3-6H2,1-2H3,(H,10,11);2*7,11H,3-6H2,1-2H3/t;;9?,10-,11?;;;;;/m..1...../s1. The van der Waals surface area contributed by atoms with Crippen LogP contribution < -0.4 is 31.9 Å². The highest BCUT2D eigenvalue weighted by molar-refractivity contribution is 5.86. The van der Waals surface area contributed by atoms with Gasteiger partial charge in [-0.2, -0.15) is 0 Å². The zero-order valence-electron chi connectivity index (χ0n) is 70.9. The van der Waals surface area contributed by atoms with Crippen LogP contribution in [-0.4, -0.2) is 117 Å². The van der Waals surface area contributed by atoms with E-state index in [0.29, 0.717) is 80.1 Å². The van der Waals surface area contributed by atoms with E-state index in [-0.39, 0.29) is 75.8 Å². The van der Waals surface area contributed by atoms with Crippen LogP contribution in [-0.2, 0) is 38.4 Å². The van der Waals surface area contributed by atoms with Crippen LogP contribution in [0.1, 0.15) is 370 Å². The predicted octanol–water partition coefficient (Wildman–Crippen LogP) is 17.2. The van der Waals surface area contributed by atoms with Crippen molar-refractivity contribution in [2.75, 3.05) is 20.1 Å². The van der Waals surface area contributed by atoms with Crippen LogP contribution in [0.25, 0.3) is 0 Å². The molecule has 9 N–H and O–H groups in total. The van der Waals surface area contributed by atoms with Crippen LogP contribution in [0.5, 0.6) is 0 Å². The summed E-state index contributed by atoms with van der Waals surface area (Å²) < 4.78 is 0. The lowest BCUT2D eigenvalue weighted by molar-refractivity contribution is -0.144. The Bertz CT molecular complexity index is 2370. The molecule has 0 aromatic heterocycles. The molecule has 0 heterocycles. The van der Waals surface area contributed by atoms with Crippen LogP contribution in [0, 0.1) is 82.3 Å². The van der Waals surface area contributed by atoms with Crippen molar-refractivity contribution in [3.8, 4) is 0 Å². The zero-order chi connectivity index (χ0) is 79.2. The monoisotopic (exact) mass is 1470 g/mol. The third-order valence-electron chi connectivity index (χ3n) is 24.3. The molecule has 8 aliphatic carbocycles. The van der Waals surface area contributed by atoms with Crippen molar-refractivity contribution in [1.82, 2.24) is 31.9 Å². The van der Waals surface area contributed by atoms with Crippen LogP contribution in [0.2, 0.25) is 0 Å². The summed E-state index contributed by atoms with van der Waals surface area (Å²) in [6.07, 6.45) is 35.7. The Hall–Kier alpha value is -3.96. The van der Waals surface area contributed by atoms with Gasteiger partial charge < -0.3 is 47.2 Å². The normalized spacial score (nSPS) is 31.4. The Labute approximate surface area is 636 Å². The number of amides is 6. The maximum atomic E-state index is 12.0. The van der Waals surface area contributed by atoms with Crippen LogP contribution in [0.15, 0.2) is 0 Å². The second-order valence-corrected chi connectivity index (χ2v) is 36.9. The van der Waals surface area contributed by atoms with E-state index in [0.717, 1.165) is 165 Å². The molecule has 8 aliphatic rings. The van der Waals surface area contributed by atoms with Crippen molar-refractivity contribution in [3.05, 3.63) is 0 Å². The fourth-order valence-electron chi connectivity index (χ4n) is 14.7. The molecule has 1 atom stereocenters. The van der Waals surface area contributed by atoms with E-state index in [1.807, 2.05) is 13.8 Å². The van der Waals surface area contributed by atoms with Gasteiger partial charge in [0.05, 0.1) is 0 Å². The maximum absolute atomic E-state index is 12.0. The largest absolute Gasteiger partial charge is 0.382 e. The van der Waals surface area contributed by atoms with Gasteiger partial charge in [-0.25, -0.2) is 0 Å². The van der Waals surface area contributed by atoms with E-state index in [2.05, 4.69) is 150 Å². The number of carbonyl (C=O) groups is 8. The summed E-state index contributed by atoms with van der Waals surface area (Å²) in [5.74, 6) is 8.58. The average molecular weight is 1470 g/mol. The van der Waals surface area contributed by atoms with Gasteiger partial charge in [0.2, 0.25) is 29.5 Å². The lowest BCUT2D eigenvalue weighted by Crippen LogP contribution is -2.50. The molecule has 0 aromatic rings. The Morgan fingerprint density at radius 2 is 0.663 bits per heavy atom. The van der Waals surface area contributed by atoms with Gasteiger partial charge in [0.25, 0.3) is 5.91 Å². The minimum absolute atomic E-state index is 0.0415. The molecule has 6 amide bonds. The minimum atomic E-state index is -1.10. The first-order valence-electron chi connectivity index (χ1n) is 42.4. The van der Waals surface area contributed by atoms with Gasteiger partial charge in [-0.05, 0) is 326 Å². The van der Waals surface area contributed by atoms with Gasteiger partial charge in [-0.15, -0.1) is 0 Å². The number of aliphatic hydroxyl groups is 3. The quantitative estimate of drug-likeness (QED) is 0.0701. The molecule has 17 nitrogen and oxygen atoms in total. The van der Waals surface area contributed by atoms with Crippen molar-refractivity contribution in [3.63, 3.8) is 0 Å². The van der Waals surface area contributed by atoms with Gasteiger partial charge in [-0.3, -0.25) is 38.4 Å². The lowest BCUT2D eigenvalue weighted by Gasteiger charge is -2.34. The first-order chi connectivity index (χ1) is 48.5. The minimum Gasteiger partial charge on any atom is -0.382 e. The van der Waals surface area contributed by atoms with Crippen molar-refractivity contribution >= 4 is 47.0 Å². The van der Waals surface area contributed by atoms with Gasteiger partial charge in [0.15, 0.2) is 11.6 Å². The summed E-state index contributed by atoms with van der Waals surface area (Å²) in [6.45, 7) is 45.3. The number of Topliss-reactive ketones (excluding diaryl/α,β-unsaturated/α-hetero) is 2. The number of nitrogens with one attached hydrogen (secondary N) is 6. The first kappa shape index (κ1) is 98.0.